The Hall–Kier alpha value is -3.20. The number of hydrogen-bond donors (Lipinski definition) is 4. The van der Waals surface area contributed by atoms with Crippen molar-refractivity contribution >= 4 is 23.7 Å². The van der Waals surface area contributed by atoms with Crippen LogP contribution < -0.4 is 16.0 Å². The lowest BCUT2D eigenvalue weighted by molar-refractivity contribution is -0.139. The zero-order chi connectivity index (χ0) is 27.7. The van der Waals surface area contributed by atoms with Gasteiger partial charge in [0, 0.05) is 31.1 Å². The first-order valence-corrected chi connectivity index (χ1v) is 12.1. The molecule has 0 saturated heterocycles. The first kappa shape index (κ1) is 30.8. The molecule has 36 heavy (non-hydrogen) atoms. The molecule has 9 nitrogen and oxygen atoms in total. The summed E-state index contributed by atoms with van der Waals surface area (Å²) in [5.41, 5.74) is 0.267. The van der Waals surface area contributed by atoms with E-state index < -0.39 is 34.8 Å². The molecule has 200 valence electrons. The van der Waals surface area contributed by atoms with Gasteiger partial charge in [-0.3, -0.25) is 19.2 Å². The Morgan fingerprint density at radius 2 is 1.61 bits per heavy atom. The fourth-order valence-corrected chi connectivity index (χ4v) is 3.83. The van der Waals surface area contributed by atoms with E-state index in [1.807, 2.05) is 65.0 Å². The molecule has 9 heteroatoms. The molecule has 0 spiro atoms. The Balaban J connectivity index is 2.98. The summed E-state index contributed by atoms with van der Waals surface area (Å²) in [6.07, 6.45) is 1.43. The Morgan fingerprint density at radius 1 is 1.03 bits per heavy atom. The minimum atomic E-state index is -0.995. The predicted molar refractivity (Wildman–Crippen MR) is 140 cm³/mol. The van der Waals surface area contributed by atoms with Crippen molar-refractivity contribution in [2.24, 2.45) is 5.41 Å². The zero-order valence-corrected chi connectivity index (χ0v) is 22.8. The van der Waals surface area contributed by atoms with E-state index in [0.717, 1.165) is 5.56 Å². The van der Waals surface area contributed by atoms with E-state index in [0.29, 0.717) is 5.57 Å². The average molecular weight is 503 g/mol. The Morgan fingerprint density at radius 3 is 2.11 bits per heavy atom. The largest absolute Gasteiger partial charge is 0.481 e. The van der Waals surface area contributed by atoms with Gasteiger partial charge >= 0.3 is 5.97 Å². The van der Waals surface area contributed by atoms with E-state index in [1.165, 1.54) is 4.90 Å². The summed E-state index contributed by atoms with van der Waals surface area (Å²) in [6, 6.07) is 8.36. The molecule has 1 rings (SSSR count). The maximum absolute atomic E-state index is 13.4. The quantitative estimate of drug-likeness (QED) is 0.324. The van der Waals surface area contributed by atoms with Crippen LogP contribution in [0.1, 0.15) is 53.5 Å². The molecule has 1 aromatic rings. The summed E-state index contributed by atoms with van der Waals surface area (Å²) < 4.78 is 0. The summed E-state index contributed by atoms with van der Waals surface area (Å²) in [6.45, 7) is 11.4. The number of carboxylic acid groups (broad SMARTS) is 1. The standard InChI is InChI=1S/C27H42N4O5/c1-18(23(34)29-16-14-20(32)33)15-17-31(8)25(36)22(26(2,3)4)30-24(35)21(28-7)27(5,6)19-12-10-9-11-13-19/h9-13,15,21-22,28H,14,16-17H2,1-8H3,(H,29,34)(H,30,35)(H,32,33)/b18-15+/t21-,22?/m1/s1. The molecule has 2 atom stereocenters. The molecular weight excluding hydrogens is 460 g/mol. The van der Waals surface area contributed by atoms with Crippen molar-refractivity contribution in [1.82, 2.24) is 20.9 Å². The molecule has 0 aromatic heterocycles. The molecule has 1 unspecified atom stereocenters. The van der Waals surface area contributed by atoms with Gasteiger partial charge in [-0.1, -0.05) is 71.0 Å². The third-order valence-corrected chi connectivity index (χ3v) is 6.22. The van der Waals surface area contributed by atoms with Crippen LogP contribution in [0.4, 0.5) is 0 Å². The first-order chi connectivity index (χ1) is 16.6. The van der Waals surface area contributed by atoms with E-state index in [-0.39, 0.29) is 31.3 Å². The molecule has 0 aliphatic carbocycles. The van der Waals surface area contributed by atoms with Crippen LogP contribution in [0.3, 0.4) is 0 Å². The summed E-state index contributed by atoms with van der Waals surface area (Å²) in [7, 11) is 3.34. The molecule has 0 aliphatic heterocycles. The van der Waals surface area contributed by atoms with Gasteiger partial charge < -0.3 is 26.0 Å². The van der Waals surface area contributed by atoms with Gasteiger partial charge in [0.1, 0.15) is 6.04 Å². The molecule has 4 N–H and O–H groups in total. The number of nitrogens with zero attached hydrogens (tertiary/aromatic N) is 1. The molecule has 1 aromatic carbocycles. The molecular formula is C27H42N4O5. The molecule has 0 bridgehead atoms. The second-order valence-corrected chi connectivity index (χ2v) is 10.6. The highest BCUT2D eigenvalue weighted by molar-refractivity contribution is 5.93. The maximum Gasteiger partial charge on any atom is 0.305 e. The van der Waals surface area contributed by atoms with E-state index in [4.69, 9.17) is 5.11 Å². The number of rotatable bonds is 12. The van der Waals surface area contributed by atoms with E-state index in [2.05, 4.69) is 16.0 Å². The topological polar surface area (TPSA) is 128 Å². The third-order valence-electron chi connectivity index (χ3n) is 6.22. The van der Waals surface area contributed by atoms with Crippen LogP contribution in [0.15, 0.2) is 42.0 Å². The molecule has 0 aliphatic rings. The van der Waals surface area contributed by atoms with E-state index in [9.17, 15) is 19.2 Å². The van der Waals surface area contributed by atoms with Crippen LogP contribution >= 0.6 is 0 Å². The van der Waals surface area contributed by atoms with E-state index >= 15 is 0 Å². The minimum absolute atomic E-state index is 0.0260. The highest BCUT2D eigenvalue weighted by Gasteiger charge is 2.40. The Bertz CT molecular complexity index is 951. The number of nitrogens with one attached hydrogen (secondary N) is 3. The van der Waals surface area contributed by atoms with Crippen LogP contribution in [0.5, 0.6) is 0 Å². The minimum Gasteiger partial charge on any atom is -0.481 e. The molecule has 0 saturated carbocycles. The van der Waals surface area contributed by atoms with Crippen LogP contribution in [0.25, 0.3) is 0 Å². The van der Waals surface area contributed by atoms with Crippen LogP contribution in [0, 0.1) is 5.41 Å². The van der Waals surface area contributed by atoms with Crippen LogP contribution in [-0.4, -0.2) is 73.0 Å². The van der Waals surface area contributed by atoms with Gasteiger partial charge in [0.15, 0.2) is 0 Å². The van der Waals surface area contributed by atoms with E-state index in [1.54, 1.807) is 27.1 Å². The summed E-state index contributed by atoms with van der Waals surface area (Å²) in [5.74, 6) is -1.95. The van der Waals surface area contributed by atoms with Gasteiger partial charge in [-0.25, -0.2) is 0 Å². The van der Waals surface area contributed by atoms with Crippen molar-refractivity contribution in [1.29, 1.82) is 0 Å². The van der Waals surface area contributed by atoms with Gasteiger partial charge in [0.2, 0.25) is 17.7 Å². The lowest BCUT2D eigenvalue weighted by atomic mass is 9.76. The monoisotopic (exact) mass is 502 g/mol. The molecule has 0 fully saturated rings. The summed E-state index contributed by atoms with van der Waals surface area (Å²) in [4.78, 5) is 51.0. The summed E-state index contributed by atoms with van der Waals surface area (Å²) in [5, 5.41) is 17.3. The molecule has 0 heterocycles. The van der Waals surface area contributed by atoms with Crippen molar-refractivity contribution in [3.63, 3.8) is 0 Å². The fourth-order valence-electron chi connectivity index (χ4n) is 3.83. The molecule has 0 radical (unpaired) electrons. The van der Waals surface area contributed by atoms with Gasteiger partial charge in [0.25, 0.3) is 0 Å². The lowest BCUT2D eigenvalue weighted by Gasteiger charge is -2.38. The number of carbonyl (C=O) groups excluding carboxylic acids is 3. The average Bonchev–Trinajstić information content (AvgIpc) is 2.80. The van der Waals surface area contributed by atoms with Crippen LogP contribution in [-0.2, 0) is 24.6 Å². The van der Waals surface area contributed by atoms with Crippen molar-refractivity contribution in [2.45, 2.75) is 65.5 Å². The smallest absolute Gasteiger partial charge is 0.305 e. The van der Waals surface area contributed by atoms with Crippen molar-refractivity contribution < 1.29 is 24.3 Å². The van der Waals surface area contributed by atoms with Gasteiger partial charge in [-0.2, -0.15) is 0 Å². The number of amides is 3. The third kappa shape index (κ3) is 8.78. The number of benzene rings is 1. The second kappa shape index (κ2) is 13.2. The highest BCUT2D eigenvalue weighted by Crippen LogP contribution is 2.28. The normalized spacial score (nSPS) is 13.9. The number of likely N-dealkylation sites (N-methyl/N-ethyl adjacent to an activating group) is 2. The Labute approximate surface area is 214 Å². The highest BCUT2D eigenvalue weighted by atomic mass is 16.4. The van der Waals surface area contributed by atoms with Crippen molar-refractivity contribution in [3.05, 3.63) is 47.5 Å². The predicted octanol–water partition coefficient (Wildman–Crippen LogP) is 2.08. The SMILES string of the molecule is CN[C@H](C(=O)NC(C(=O)N(C)C/C=C(\C)C(=O)NCCC(=O)O)C(C)(C)C)C(C)(C)c1ccccc1. The van der Waals surface area contributed by atoms with Gasteiger partial charge in [-0.15, -0.1) is 0 Å². The second-order valence-electron chi connectivity index (χ2n) is 10.6. The van der Waals surface area contributed by atoms with Gasteiger partial charge in [-0.05, 0) is 24.9 Å². The zero-order valence-electron chi connectivity index (χ0n) is 22.8. The lowest BCUT2D eigenvalue weighted by Crippen LogP contribution is -2.60. The number of hydrogen-bond acceptors (Lipinski definition) is 5. The van der Waals surface area contributed by atoms with Gasteiger partial charge in [0.05, 0.1) is 12.5 Å². The Kier molecular flexibility index (Phi) is 11.3. The maximum atomic E-state index is 13.4. The van der Waals surface area contributed by atoms with Crippen molar-refractivity contribution in [2.75, 3.05) is 27.2 Å². The number of carboxylic acids is 1. The summed E-state index contributed by atoms with van der Waals surface area (Å²) >= 11 is 0. The van der Waals surface area contributed by atoms with Crippen LogP contribution in [0.2, 0.25) is 0 Å². The number of carbonyl (C=O) groups is 4. The molecule has 3 amide bonds. The number of aliphatic carboxylic acids is 1. The first-order valence-electron chi connectivity index (χ1n) is 12.1. The van der Waals surface area contributed by atoms with Crippen molar-refractivity contribution in [3.8, 4) is 0 Å². The fraction of sp³-hybridized carbons (Fsp3) is 0.556.